The largest absolute Gasteiger partial charge is 0.334 e. The Morgan fingerprint density at radius 1 is 1.58 bits per heavy atom. The molecule has 2 heterocycles. The topological polar surface area (TPSA) is 29.0 Å². The molecule has 1 aliphatic rings. The maximum atomic E-state index is 12.7. The van der Waals surface area contributed by atoms with Crippen LogP contribution in [0.3, 0.4) is 0 Å². The van der Waals surface area contributed by atoms with Crippen LogP contribution in [-0.2, 0) is 0 Å². The lowest BCUT2D eigenvalue weighted by molar-refractivity contribution is 0.0256. The second-order valence-corrected chi connectivity index (χ2v) is 3.36. The Balaban J connectivity index is 2.10. The van der Waals surface area contributed by atoms with E-state index in [1.54, 1.807) is 5.51 Å². The van der Waals surface area contributed by atoms with Gasteiger partial charge in [0.2, 0.25) is 5.95 Å². The molecule has 0 aliphatic carbocycles. The Morgan fingerprint density at radius 3 is 2.92 bits per heavy atom. The first-order valence-corrected chi connectivity index (χ1v) is 4.40. The smallest absolute Gasteiger partial charge is 0.267 e. The lowest BCUT2D eigenvalue weighted by Gasteiger charge is -2.12. The summed E-state index contributed by atoms with van der Waals surface area (Å²) in [6.45, 7) is 0.105. The minimum absolute atomic E-state index is 0.0911. The summed E-state index contributed by atoms with van der Waals surface area (Å²) in [6.07, 6.45) is -0.0911. The molecule has 0 spiro atoms. The summed E-state index contributed by atoms with van der Waals surface area (Å²) in [5, 5.41) is 0. The first-order chi connectivity index (χ1) is 5.67. The summed E-state index contributed by atoms with van der Waals surface area (Å²) < 4.78 is 29.3. The van der Waals surface area contributed by atoms with Crippen molar-refractivity contribution >= 4 is 17.5 Å². The molecule has 6 heteroatoms. The van der Waals surface area contributed by atoms with E-state index in [0.717, 1.165) is 0 Å². The number of hydrogen-bond acceptors (Lipinski definition) is 4. The molecule has 12 heavy (non-hydrogen) atoms. The van der Waals surface area contributed by atoms with Gasteiger partial charge in [0.05, 0.1) is 6.54 Å². The predicted octanol–water partition coefficient (Wildman–Crippen LogP) is 1.38. The molecule has 1 saturated heterocycles. The predicted molar refractivity (Wildman–Crippen MR) is 41.7 cm³/mol. The van der Waals surface area contributed by atoms with Gasteiger partial charge in [0, 0.05) is 13.0 Å². The fourth-order valence-corrected chi connectivity index (χ4v) is 1.66. The van der Waals surface area contributed by atoms with E-state index < -0.39 is 5.92 Å². The van der Waals surface area contributed by atoms with E-state index >= 15 is 0 Å². The van der Waals surface area contributed by atoms with Crippen molar-refractivity contribution in [3.05, 3.63) is 5.51 Å². The van der Waals surface area contributed by atoms with E-state index in [1.807, 2.05) is 0 Å². The average Bonchev–Trinajstić information content (AvgIpc) is 2.55. The second-order valence-electron chi connectivity index (χ2n) is 2.76. The molecule has 0 saturated carbocycles. The Bertz CT molecular complexity index is 262. The number of halogens is 2. The highest BCUT2D eigenvalue weighted by molar-refractivity contribution is 7.03. The Labute approximate surface area is 72.2 Å². The van der Waals surface area contributed by atoms with E-state index in [1.165, 1.54) is 16.4 Å². The van der Waals surface area contributed by atoms with Gasteiger partial charge < -0.3 is 4.90 Å². The molecule has 0 bridgehead atoms. The molecule has 0 N–H and O–H groups in total. The third kappa shape index (κ3) is 1.38. The number of anilines is 1. The lowest BCUT2D eigenvalue weighted by Crippen LogP contribution is -2.25. The number of nitrogens with zero attached hydrogens (tertiary/aromatic N) is 3. The molecule has 0 atom stereocenters. The zero-order chi connectivity index (χ0) is 8.60. The van der Waals surface area contributed by atoms with Crippen LogP contribution in [0.25, 0.3) is 0 Å². The van der Waals surface area contributed by atoms with Gasteiger partial charge in [-0.3, -0.25) is 0 Å². The van der Waals surface area contributed by atoms with Crippen LogP contribution in [0.4, 0.5) is 14.7 Å². The fraction of sp³-hybridized carbons (Fsp3) is 0.667. The van der Waals surface area contributed by atoms with Gasteiger partial charge >= 0.3 is 0 Å². The fourth-order valence-electron chi connectivity index (χ4n) is 1.21. The maximum absolute atomic E-state index is 12.7. The van der Waals surface area contributed by atoms with E-state index in [0.29, 0.717) is 12.5 Å². The number of rotatable bonds is 1. The normalized spacial score (nSPS) is 21.7. The molecular formula is C6H7F2N3S. The highest BCUT2D eigenvalue weighted by Gasteiger charge is 2.39. The van der Waals surface area contributed by atoms with Crippen LogP contribution in [0.5, 0.6) is 0 Å². The van der Waals surface area contributed by atoms with Crippen molar-refractivity contribution < 1.29 is 8.78 Å². The van der Waals surface area contributed by atoms with Crippen molar-refractivity contribution in [1.29, 1.82) is 0 Å². The summed E-state index contributed by atoms with van der Waals surface area (Å²) in [5.41, 5.74) is 1.55. The Kier molecular flexibility index (Phi) is 1.71. The van der Waals surface area contributed by atoms with Gasteiger partial charge in [-0.15, -0.1) is 0 Å². The first-order valence-electron chi connectivity index (χ1n) is 3.56. The monoisotopic (exact) mass is 191 g/mol. The summed E-state index contributed by atoms with van der Waals surface area (Å²) >= 11 is 1.18. The number of hydrogen-bond donors (Lipinski definition) is 0. The van der Waals surface area contributed by atoms with E-state index in [4.69, 9.17) is 0 Å². The minimum Gasteiger partial charge on any atom is -0.334 e. The van der Waals surface area contributed by atoms with Crippen molar-refractivity contribution in [3.8, 4) is 0 Å². The average molecular weight is 191 g/mol. The molecule has 2 rings (SSSR count). The van der Waals surface area contributed by atoms with Gasteiger partial charge in [-0.2, -0.15) is 4.37 Å². The second kappa shape index (κ2) is 2.62. The van der Waals surface area contributed by atoms with Gasteiger partial charge in [0.1, 0.15) is 5.51 Å². The van der Waals surface area contributed by atoms with Crippen LogP contribution >= 0.6 is 11.5 Å². The van der Waals surface area contributed by atoms with Gasteiger partial charge in [0.25, 0.3) is 5.92 Å². The van der Waals surface area contributed by atoms with Crippen molar-refractivity contribution in [2.75, 3.05) is 18.0 Å². The van der Waals surface area contributed by atoms with E-state index in [2.05, 4.69) is 9.36 Å². The summed E-state index contributed by atoms with van der Waals surface area (Å²) in [6, 6.07) is 0. The van der Waals surface area contributed by atoms with E-state index in [-0.39, 0.29) is 13.0 Å². The summed E-state index contributed by atoms with van der Waals surface area (Å²) in [5.74, 6) is -2.14. The molecular weight excluding hydrogens is 184 g/mol. The van der Waals surface area contributed by atoms with Crippen LogP contribution in [0, 0.1) is 0 Å². The van der Waals surface area contributed by atoms with Crippen molar-refractivity contribution in [3.63, 3.8) is 0 Å². The number of aromatic nitrogens is 2. The summed E-state index contributed by atoms with van der Waals surface area (Å²) in [7, 11) is 0. The molecule has 1 fully saturated rings. The molecule has 0 aromatic carbocycles. The van der Waals surface area contributed by atoms with E-state index in [9.17, 15) is 8.78 Å². The van der Waals surface area contributed by atoms with Crippen molar-refractivity contribution in [1.82, 2.24) is 9.36 Å². The minimum atomic E-state index is -2.56. The summed E-state index contributed by atoms with van der Waals surface area (Å²) in [4.78, 5) is 5.37. The van der Waals surface area contributed by atoms with Crippen LogP contribution in [-0.4, -0.2) is 28.4 Å². The van der Waals surface area contributed by atoms with Crippen molar-refractivity contribution in [2.24, 2.45) is 0 Å². The molecule has 0 amide bonds. The Morgan fingerprint density at radius 2 is 2.42 bits per heavy atom. The molecule has 1 aromatic rings. The van der Waals surface area contributed by atoms with Gasteiger partial charge in [0.15, 0.2) is 0 Å². The first kappa shape index (κ1) is 7.85. The van der Waals surface area contributed by atoms with Gasteiger partial charge in [-0.05, 0) is 11.5 Å². The highest BCUT2D eigenvalue weighted by Crippen LogP contribution is 2.29. The molecule has 1 aromatic heterocycles. The van der Waals surface area contributed by atoms with Crippen LogP contribution in [0.15, 0.2) is 5.51 Å². The molecule has 3 nitrogen and oxygen atoms in total. The molecule has 66 valence electrons. The molecule has 1 aliphatic heterocycles. The van der Waals surface area contributed by atoms with Crippen LogP contribution in [0.2, 0.25) is 0 Å². The van der Waals surface area contributed by atoms with Crippen LogP contribution in [0.1, 0.15) is 6.42 Å². The lowest BCUT2D eigenvalue weighted by atomic mass is 10.3. The maximum Gasteiger partial charge on any atom is 0.267 e. The highest BCUT2D eigenvalue weighted by atomic mass is 32.1. The van der Waals surface area contributed by atoms with Gasteiger partial charge in [-0.1, -0.05) is 0 Å². The third-order valence-electron chi connectivity index (χ3n) is 1.80. The molecule has 0 unspecified atom stereocenters. The Hall–Kier alpha value is -0.780. The third-order valence-corrected chi connectivity index (χ3v) is 2.27. The number of alkyl halides is 2. The standard InChI is InChI=1S/C6H7F2N3S/c7-6(8)1-2-11(3-6)5-9-4-12-10-5/h4H,1-3H2. The van der Waals surface area contributed by atoms with Gasteiger partial charge in [-0.25, -0.2) is 13.8 Å². The zero-order valence-electron chi connectivity index (χ0n) is 6.20. The molecule has 0 radical (unpaired) electrons. The van der Waals surface area contributed by atoms with Crippen LogP contribution < -0.4 is 4.90 Å². The quantitative estimate of drug-likeness (QED) is 0.671. The zero-order valence-corrected chi connectivity index (χ0v) is 7.02. The SMILES string of the molecule is FC1(F)CCN(c2ncsn2)C1. The van der Waals surface area contributed by atoms with Crippen molar-refractivity contribution in [2.45, 2.75) is 12.3 Å².